The van der Waals surface area contributed by atoms with Gasteiger partial charge < -0.3 is 9.64 Å². The van der Waals surface area contributed by atoms with Gasteiger partial charge in [-0.05, 0) is 25.1 Å². The molecule has 8 nitrogen and oxygen atoms in total. The summed E-state index contributed by atoms with van der Waals surface area (Å²) < 4.78 is 45.4. The van der Waals surface area contributed by atoms with Crippen molar-refractivity contribution in [3.05, 3.63) is 29.6 Å². The molecule has 1 aromatic carbocycles. The summed E-state index contributed by atoms with van der Waals surface area (Å²) >= 11 is 0. The van der Waals surface area contributed by atoms with Gasteiger partial charge in [0.1, 0.15) is 5.82 Å². The summed E-state index contributed by atoms with van der Waals surface area (Å²) in [4.78, 5) is 25.4. The summed E-state index contributed by atoms with van der Waals surface area (Å²) in [5.41, 5.74) is -0.576. The van der Waals surface area contributed by atoms with Crippen molar-refractivity contribution in [1.29, 1.82) is 5.26 Å². The number of likely N-dealkylation sites (N-methyl/N-ethyl adjacent to an activating group) is 1. The number of carbonyl (C=O) groups is 2. The Morgan fingerprint density at radius 3 is 2.43 bits per heavy atom. The van der Waals surface area contributed by atoms with Crippen LogP contribution in [-0.4, -0.2) is 62.3 Å². The van der Waals surface area contributed by atoms with Gasteiger partial charge in [-0.25, -0.2) is 17.6 Å². The molecule has 0 saturated carbocycles. The molecule has 0 fully saturated rings. The SMILES string of the molecule is CCN(CC)S(=O)(=O)c1ccc(F)c(C(=O)O[C@H](C)C(=O)N(C)CCC#N)c1. The van der Waals surface area contributed by atoms with Crippen LogP contribution in [0.15, 0.2) is 23.1 Å². The zero-order valence-corrected chi connectivity index (χ0v) is 17.1. The highest BCUT2D eigenvalue weighted by Crippen LogP contribution is 2.20. The van der Waals surface area contributed by atoms with Crippen LogP contribution in [0, 0.1) is 17.1 Å². The van der Waals surface area contributed by atoms with E-state index in [0.717, 1.165) is 18.2 Å². The minimum Gasteiger partial charge on any atom is -0.449 e. The number of hydrogen-bond acceptors (Lipinski definition) is 6. The second kappa shape index (κ2) is 10.1. The molecule has 0 bridgehead atoms. The van der Waals surface area contributed by atoms with Crippen LogP contribution in [0.25, 0.3) is 0 Å². The Bertz CT molecular complexity index is 862. The number of sulfonamides is 1. The van der Waals surface area contributed by atoms with Gasteiger partial charge in [-0.3, -0.25) is 4.79 Å². The van der Waals surface area contributed by atoms with E-state index >= 15 is 0 Å². The van der Waals surface area contributed by atoms with Gasteiger partial charge in [-0.15, -0.1) is 0 Å². The molecule has 0 saturated heterocycles. The third kappa shape index (κ3) is 5.50. The number of nitriles is 1. The average molecular weight is 413 g/mol. The van der Waals surface area contributed by atoms with Gasteiger partial charge in [0.25, 0.3) is 5.91 Å². The van der Waals surface area contributed by atoms with Crippen LogP contribution >= 0.6 is 0 Å². The lowest BCUT2D eigenvalue weighted by Gasteiger charge is -2.21. The lowest BCUT2D eigenvalue weighted by molar-refractivity contribution is -0.138. The molecule has 0 N–H and O–H groups in total. The van der Waals surface area contributed by atoms with Crippen LogP contribution in [0.2, 0.25) is 0 Å². The lowest BCUT2D eigenvalue weighted by Crippen LogP contribution is -2.38. The fraction of sp³-hybridized carbons (Fsp3) is 0.500. The van der Waals surface area contributed by atoms with Gasteiger partial charge in [0.2, 0.25) is 10.0 Å². The van der Waals surface area contributed by atoms with Gasteiger partial charge in [-0.2, -0.15) is 9.57 Å². The summed E-state index contributed by atoms with van der Waals surface area (Å²) in [5, 5.41) is 8.56. The number of halogens is 1. The molecule has 0 unspecified atom stereocenters. The number of amides is 1. The van der Waals surface area contributed by atoms with Crippen LogP contribution < -0.4 is 0 Å². The fourth-order valence-electron chi connectivity index (χ4n) is 2.45. The molecule has 0 radical (unpaired) electrons. The fourth-order valence-corrected chi connectivity index (χ4v) is 3.93. The van der Waals surface area contributed by atoms with Crippen molar-refractivity contribution in [2.45, 2.75) is 38.2 Å². The summed E-state index contributed by atoms with van der Waals surface area (Å²) in [6.07, 6.45) is -1.11. The van der Waals surface area contributed by atoms with Gasteiger partial charge in [0.05, 0.1) is 22.9 Å². The quantitative estimate of drug-likeness (QED) is 0.571. The maximum atomic E-state index is 14.1. The minimum absolute atomic E-state index is 0.114. The molecule has 1 rings (SSSR count). The molecule has 1 amide bonds. The standard InChI is InChI=1S/C18H24FN3O5S/c1-5-22(6-2)28(25,26)14-8-9-16(19)15(12-14)18(24)27-13(3)17(23)21(4)11-7-10-20/h8-9,12-13H,5-7,11H2,1-4H3/t13-/m1/s1. The zero-order valence-electron chi connectivity index (χ0n) is 16.3. The Kier molecular flexibility index (Phi) is 8.53. The van der Waals surface area contributed by atoms with E-state index in [9.17, 15) is 22.4 Å². The van der Waals surface area contributed by atoms with E-state index in [1.807, 2.05) is 6.07 Å². The monoisotopic (exact) mass is 413 g/mol. The van der Waals surface area contributed by atoms with Crippen molar-refractivity contribution in [1.82, 2.24) is 9.21 Å². The molecular weight excluding hydrogens is 389 g/mol. The van der Waals surface area contributed by atoms with Crippen molar-refractivity contribution < 1.29 is 27.1 Å². The second-order valence-corrected chi connectivity index (χ2v) is 7.88. The number of ether oxygens (including phenoxy) is 1. The minimum atomic E-state index is -3.89. The maximum absolute atomic E-state index is 14.1. The first kappa shape index (κ1) is 23.5. The van der Waals surface area contributed by atoms with Crippen molar-refractivity contribution in [3.8, 4) is 6.07 Å². The molecule has 28 heavy (non-hydrogen) atoms. The summed E-state index contributed by atoms with van der Waals surface area (Å²) in [6, 6.07) is 4.74. The first-order valence-corrected chi connectivity index (χ1v) is 10.2. The van der Waals surface area contributed by atoms with Gasteiger partial charge in [0, 0.05) is 26.7 Å². The van der Waals surface area contributed by atoms with E-state index in [2.05, 4.69) is 0 Å². The number of hydrogen-bond donors (Lipinski definition) is 0. The average Bonchev–Trinajstić information content (AvgIpc) is 2.66. The number of rotatable bonds is 9. The highest BCUT2D eigenvalue weighted by molar-refractivity contribution is 7.89. The van der Waals surface area contributed by atoms with Crippen LogP contribution in [-0.2, 0) is 19.6 Å². The normalized spacial score (nSPS) is 12.3. The molecule has 1 atom stereocenters. The molecule has 0 aliphatic carbocycles. The van der Waals surface area contributed by atoms with Crippen molar-refractivity contribution in [3.63, 3.8) is 0 Å². The van der Waals surface area contributed by atoms with Crippen LogP contribution in [0.5, 0.6) is 0 Å². The van der Waals surface area contributed by atoms with E-state index in [4.69, 9.17) is 10.00 Å². The van der Waals surface area contributed by atoms with Crippen LogP contribution in [0.3, 0.4) is 0 Å². The molecule has 10 heteroatoms. The predicted octanol–water partition coefficient (Wildman–Crippen LogP) is 1.77. The topological polar surface area (TPSA) is 108 Å². The molecule has 0 aliphatic rings. The zero-order chi connectivity index (χ0) is 21.5. The Hall–Kier alpha value is -2.51. The van der Waals surface area contributed by atoms with Gasteiger partial charge in [-0.1, -0.05) is 13.8 Å². The van der Waals surface area contributed by atoms with Gasteiger partial charge >= 0.3 is 5.97 Å². The highest BCUT2D eigenvalue weighted by atomic mass is 32.2. The highest BCUT2D eigenvalue weighted by Gasteiger charge is 2.27. The lowest BCUT2D eigenvalue weighted by atomic mass is 10.2. The first-order chi connectivity index (χ1) is 13.1. The van der Waals surface area contributed by atoms with E-state index in [0.29, 0.717) is 0 Å². The van der Waals surface area contributed by atoms with E-state index < -0.39 is 39.4 Å². The molecule has 0 aromatic heterocycles. The largest absolute Gasteiger partial charge is 0.449 e. The smallest absolute Gasteiger partial charge is 0.341 e. The Morgan fingerprint density at radius 1 is 1.29 bits per heavy atom. The summed E-state index contributed by atoms with van der Waals surface area (Å²) in [5.74, 6) is -2.67. The van der Waals surface area contributed by atoms with Crippen LogP contribution in [0.1, 0.15) is 37.6 Å². The van der Waals surface area contributed by atoms with Crippen molar-refractivity contribution in [2.24, 2.45) is 0 Å². The molecular formula is C18H24FN3O5S. The maximum Gasteiger partial charge on any atom is 0.341 e. The number of esters is 1. The summed E-state index contributed by atoms with van der Waals surface area (Å²) in [7, 11) is -2.44. The third-order valence-electron chi connectivity index (χ3n) is 4.07. The molecule has 0 spiro atoms. The Labute approximate surface area is 164 Å². The first-order valence-electron chi connectivity index (χ1n) is 8.72. The van der Waals surface area contributed by atoms with E-state index in [1.54, 1.807) is 13.8 Å². The van der Waals surface area contributed by atoms with Crippen molar-refractivity contribution in [2.75, 3.05) is 26.7 Å². The van der Waals surface area contributed by atoms with Crippen LogP contribution in [0.4, 0.5) is 4.39 Å². The molecule has 0 heterocycles. The van der Waals surface area contributed by atoms with E-state index in [1.165, 1.54) is 23.2 Å². The van der Waals surface area contributed by atoms with E-state index in [-0.39, 0.29) is 31.0 Å². The third-order valence-corrected chi connectivity index (χ3v) is 6.11. The number of nitrogens with zero attached hydrogens (tertiary/aromatic N) is 3. The Balaban J connectivity index is 3.06. The Morgan fingerprint density at radius 2 is 1.89 bits per heavy atom. The molecule has 1 aromatic rings. The number of benzene rings is 1. The summed E-state index contributed by atoms with van der Waals surface area (Å²) in [6.45, 7) is 5.24. The number of carbonyl (C=O) groups excluding carboxylic acids is 2. The molecule has 154 valence electrons. The van der Waals surface area contributed by atoms with Crippen molar-refractivity contribution >= 4 is 21.9 Å². The predicted molar refractivity (Wildman–Crippen MR) is 99.3 cm³/mol. The van der Waals surface area contributed by atoms with Gasteiger partial charge in [0.15, 0.2) is 6.10 Å². The second-order valence-electron chi connectivity index (χ2n) is 5.95. The molecule has 0 aliphatic heterocycles.